The minimum Gasteiger partial charge on any atom is -0.323 e. The van der Waals surface area contributed by atoms with Gasteiger partial charge < -0.3 is 4.57 Å². The number of amides is 1. The van der Waals surface area contributed by atoms with E-state index in [0.29, 0.717) is 12.1 Å². The molecular weight excluding hydrogens is 454 g/mol. The second kappa shape index (κ2) is 10.1. The summed E-state index contributed by atoms with van der Waals surface area (Å²) < 4.78 is 2.24. The molecule has 2 heterocycles. The summed E-state index contributed by atoms with van der Waals surface area (Å²) in [6, 6.07) is 24.6. The van der Waals surface area contributed by atoms with Gasteiger partial charge in [-0.1, -0.05) is 61.9 Å². The molecule has 3 aromatic carbocycles. The fraction of sp³-hybridized carbons (Fsp3) is 0.179. The highest BCUT2D eigenvalue weighted by molar-refractivity contribution is 8.16. The van der Waals surface area contributed by atoms with Crippen LogP contribution in [0.1, 0.15) is 42.3 Å². The number of fused-ring (bicyclic) bond motifs is 1. The number of nitriles is 1. The van der Waals surface area contributed by atoms with Gasteiger partial charge in [-0.3, -0.25) is 15.6 Å². The van der Waals surface area contributed by atoms with Gasteiger partial charge >= 0.3 is 5.24 Å². The maximum atomic E-state index is 11.5. The summed E-state index contributed by atoms with van der Waals surface area (Å²) in [6.45, 7) is 2.72. The van der Waals surface area contributed by atoms with E-state index < -0.39 is 0 Å². The smallest absolute Gasteiger partial charge is 0.301 e. The maximum Gasteiger partial charge on any atom is 0.301 e. The van der Waals surface area contributed by atoms with E-state index in [-0.39, 0.29) is 5.24 Å². The first-order valence-corrected chi connectivity index (χ1v) is 12.6. The van der Waals surface area contributed by atoms with Crippen LogP contribution in [0.15, 0.2) is 72.1 Å². The van der Waals surface area contributed by atoms with Crippen LogP contribution in [0.25, 0.3) is 27.9 Å². The second-order valence-electron chi connectivity index (χ2n) is 8.42. The summed E-state index contributed by atoms with van der Waals surface area (Å²) in [7, 11) is 0. The average Bonchev–Trinajstić information content (AvgIpc) is 3.25. The van der Waals surface area contributed by atoms with Gasteiger partial charge in [0.25, 0.3) is 0 Å². The zero-order valence-electron chi connectivity index (χ0n) is 19.4. The molecular formula is C28H25N5OS. The van der Waals surface area contributed by atoms with Crippen molar-refractivity contribution in [3.05, 3.63) is 94.7 Å². The van der Waals surface area contributed by atoms with Crippen molar-refractivity contribution in [1.29, 1.82) is 5.26 Å². The van der Waals surface area contributed by atoms with Crippen LogP contribution in [0.5, 0.6) is 0 Å². The summed E-state index contributed by atoms with van der Waals surface area (Å²) >= 11 is 1.12. The molecule has 35 heavy (non-hydrogen) atoms. The summed E-state index contributed by atoms with van der Waals surface area (Å²) in [5, 5.41) is 11.6. The Labute approximate surface area is 208 Å². The first-order valence-electron chi connectivity index (χ1n) is 11.7. The molecule has 174 valence electrons. The number of thioether (sulfide) groups is 1. The molecule has 5 rings (SSSR count). The van der Waals surface area contributed by atoms with Crippen molar-refractivity contribution in [2.45, 2.75) is 32.7 Å². The van der Waals surface area contributed by atoms with E-state index >= 15 is 0 Å². The number of carbonyl (C=O) groups is 1. The molecule has 0 bridgehead atoms. The molecule has 1 aliphatic heterocycles. The number of hydrazine groups is 1. The Kier molecular flexibility index (Phi) is 6.55. The van der Waals surface area contributed by atoms with Crippen molar-refractivity contribution < 1.29 is 4.79 Å². The first-order chi connectivity index (χ1) is 17.2. The van der Waals surface area contributed by atoms with Gasteiger partial charge in [-0.2, -0.15) is 5.26 Å². The molecule has 7 heteroatoms. The first kappa shape index (κ1) is 22.8. The molecule has 0 atom stereocenters. The van der Waals surface area contributed by atoms with E-state index in [1.807, 2.05) is 47.9 Å². The monoisotopic (exact) mass is 479 g/mol. The number of hydrogen-bond donors (Lipinski definition) is 2. The minimum absolute atomic E-state index is 0.136. The Morgan fingerprint density at radius 1 is 1.03 bits per heavy atom. The quantitative estimate of drug-likeness (QED) is 0.329. The summed E-state index contributed by atoms with van der Waals surface area (Å²) in [6.07, 6.45) is 2.98. The number of nitrogens with one attached hydrogen (secondary N) is 2. The maximum absolute atomic E-state index is 11.5. The van der Waals surface area contributed by atoms with Gasteiger partial charge in [0.05, 0.1) is 34.9 Å². The topological polar surface area (TPSA) is 82.7 Å². The lowest BCUT2D eigenvalue weighted by molar-refractivity contribution is 0.259. The van der Waals surface area contributed by atoms with Crippen molar-refractivity contribution in [1.82, 2.24) is 20.4 Å². The average molecular weight is 480 g/mol. The standard InChI is InChI=1S/C28H25N5OS/c1-2-3-12-27-30-24-14-13-20(25-18-35-28(34)32-31-25)15-26(24)33(27)17-23-21(16-29)10-7-11-22(23)19-8-5-4-6-9-19/h4-11,13-15,18,31H,2-3,12,17H2,1H3,(H,32,34). The minimum atomic E-state index is -0.136. The molecule has 0 aliphatic carbocycles. The van der Waals surface area contributed by atoms with Gasteiger partial charge in [0.1, 0.15) is 5.82 Å². The van der Waals surface area contributed by atoms with Crippen molar-refractivity contribution in [3.8, 4) is 17.2 Å². The van der Waals surface area contributed by atoms with Crippen LogP contribution in [0, 0.1) is 11.3 Å². The van der Waals surface area contributed by atoms with Crippen LogP contribution in [0.4, 0.5) is 4.79 Å². The van der Waals surface area contributed by atoms with Crippen LogP contribution >= 0.6 is 11.8 Å². The molecule has 1 amide bonds. The van der Waals surface area contributed by atoms with E-state index in [9.17, 15) is 10.1 Å². The Balaban J connectivity index is 1.65. The van der Waals surface area contributed by atoms with E-state index in [1.54, 1.807) is 0 Å². The Bertz CT molecular complexity index is 1470. The Morgan fingerprint density at radius 2 is 1.89 bits per heavy atom. The van der Waals surface area contributed by atoms with Crippen molar-refractivity contribution in [2.24, 2.45) is 0 Å². The van der Waals surface area contributed by atoms with Crippen molar-refractivity contribution >= 4 is 33.7 Å². The lowest BCUT2D eigenvalue weighted by Crippen LogP contribution is -2.35. The number of rotatable bonds is 7. The lowest BCUT2D eigenvalue weighted by atomic mass is 9.95. The van der Waals surface area contributed by atoms with Crippen LogP contribution in [0.2, 0.25) is 0 Å². The van der Waals surface area contributed by atoms with Crippen molar-refractivity contribution in [2.75, 3.05) is 0 Å². The number of aryl methyl sites for hydroxylation is 1. The highest BCUT2D eigenvalue weighted by atomic mass is 32.2. The molecule has 0 radical (unpaired) electrons. The lowest BCUT2D eigenvalue weighted by Gasteiger charge is -2.17. The molecule has 2 N–H and O–H groups in total. The molecule has 0 spiro atoms. The molecule has 0 saturated carbocycles. The fourth-order valence-electron chi connectivity index (χ4n) is 4.38. The third-order valence-electron chi connectivity index (χ3n) is 6.17. The Morgan fingerprint density at radius 3 is 2.63 bits per heavy atom. The number of unbranched alkanes of at least 4 members (excludes halogenated alkanes) is 1. The van der Waals surface area contributed by atoms with Crippen molar-refractivity contribution in [3.63, 3.8) is 0 Å². The predicted molar refractivity (Wildman–Crippen MR) is 141 cm³/mol. The van der Waals surface area contributed by atoms with E-state index in [4.69, 9.17) is 4.98 Å². The number of carbonyl (C=O) groups excluding carboxylic acids is 1. The molecule has 6 nitrogen and oxygen atoms in total. The highest BCUT2D eigenvalue weighted by Gasteiger charge is 2.18. The van der Waals surface area contributed by atoms with E-state index in [0.717, 1.165) is 75.8 Å². The van der Waals surface area contributed by atoms with E-state index in [1.165, 1.54) is 0 Å². The number of aromatic nitrogens is 2. The summed E-state index contributed by atoms with van der Waals surface area (Å²) in [4.78, 5) is 16.5. The van der Waals surface area contributed by atoms with Crippen LogP contribution in [0.3, 0.4) is 0 Å². The van der Waals surface area contributed by atoms with Gasteiger partial charge in [-0.05, 0) is 53.1 Å². The zero-order valence-corrected chi connectivity index (χ0v) is 20.2. The van der Waals surface area contributed by atoms with Crippen LogP contribution < -0.4 is 10.9 Å². The number of imidazole rings is 1. The number of nitrogens with zero attached hydrogens (tertiary/aromatic N) is 3. The van der Waals surface area contributed by atoms with Gasteiger partial charge in [-0.15, -0.1) is 0 Å². The third-order valence-corrected chi connectivity index (χ3v) is 6.84. The number of hydrogen-bond acceptors (Lipinski definition) is 5. The second-order valence-corrected chi connectivity index (χ2v) is 9.26. The predicted octanol–water partition coefficient (Wildman–Crippen LogP) is 6.23. The van der Waals surface area contributed by atoms with Crippen LogP contribution in [-0.4, -0.2) is 14.8 Å². The highest BCUT2D eigenvalue weighted by Crippen LogP contribution is 2.30. The largest absolute Gasteiger partial charge is 0.323 e. The SMILES string of the molecule is CCCCc1nc2ccc(C3=CSC(=O)NN3)cc2n1Cc1c(C#N)cccc1-c1ccccc1. The Hall–Kier alpha value is -4.02. The zero-order chi connectivity index (χ0) is 24.2. The molecule has 1 aliphatic rings. The molecule has 4 aromatic rings. The fourth-order valence-corrected chi connectivity index (χ4v) is 4.91. The van der Waals surface area contributed by atoms with Gasteiger partial charge in [0, 0.05) is 17.4 Å². The summed E-state index contributed by atoms with van der Waals surface area (Å²) in [5.41, 5.74) is 13.2. The van der Waals surface area contributed by atoms with Gasteiger partial charge in [0.15, 0.2) is 0 Å². The number of benzene rings is 3. The molecule has 0 saturated heterocycles. The van der Waals surface area contributed by atoms with Gasteiger partial charge in [0.2, 0.25) is 0 Å². The molecule has 1 aromatic heterocycles. The van der Waals surface area contributed by atoms with Crippen LogP contribution in [-0.2, 0) is 13.0 Å². The normalized spacial score (nSPS) is 13.1. The van der Waals surface area contributed by atoms with Gasteiger partial charge in [-0.25, -0.2) is 4.98 Å². The van der Waals surface area contributed by atoms with E-state index in [2.05, 4.69) is 52.7 Å². The third kappa shape index (κ3) is 4.66. The summed E-state index contributed by atoms with van der Waals surface area (Å²) in [5.74, 6) is 1.01. The molecule has 0 unspecified atom stereocenters. The molecule has 0 fully saturated rings.